The van der Waals surface area contributed by atoms with Crippen LogP contribution in [0.4, 0.5) is 5.82 Å². The van der Waals surface area contributed by atoms with Crippen molar-refractivity contribution in [2.45, 2.75) is 44.7 Å². The van der Waals surface area contributed by atoms with E-state index in [1.165, 1.54) is 25.6 Å². The van der Waals surface area contributed by atoms with Gasteiger partial charge in [0.2, 0.25) is 0 Å². The van der Waals surface area contributed by atoms with E-state index < -0.39 is 0 Å². The monoisotopic (exact) mass is 370 g/mol. The maximum absolute atomic E-state index is 12.4. The molecule has 3 rings (SSSR count). The van der Waals surface area contributed by atoms with E-state index in [9.17, 15) is 4.79 Å². The Labute approximate surface area is 159 Å². The van der Waals surface area contributed by atoms with E-state index in [0.29, 0.717) is 29.6 Å². The largest absolute Gasteiger partial charge is 0.493 e. The third-order valence-corrected chi connectivity index (χ3v) is 4.76. The van der Waals surface area contributed by atoms with Gasteiger partial charge in [0, 0.05) is 18.7 Å². The van der Waals surface area contributed by atoms with Crippen LogP contribution in [0.1, 0.15) is 48.2 Å². The van der Waals surface area contributed by atoms with Gasteiger partial charge in [-0.1, -0.05) is 25.3 Å². The van der Waals surface area contributed by atoms with Gasteiger partial charge in [-0.3, -0.25) is 4.79 Å². The topological polar surface area (TPSA) is 85.4 Å². The Morgan fingerprint density at radius 2 is 1.85 bits per heavy atom. The number of carbonyl (C=O) groups is 1. The summed E-state index contributed by atoms with van der Waals surface area (Å²) in [6.45, 7) is 0.543. The summed E-state index contributed by atoms with van der Waals surface area (Å²) < 4.78 is 10.6. The molecule has 0 spiro atoms. The average molecular weight is 370 g/mol. The second-order valence-electron chi connectivity index (χ2n) is 6.64. The summed E-state index contributed by atoms with van der Waals surface area (Å²) in [5.41, 5.74) is 1.39. The summed E-state index contributed by atoms with van der Waals surface area (Å²) in [5, 5.41) is 6.30. The van der Waals surface area contributed by atoms with Crippen LogP contribution in [0.2, 0.25) is 0 Å². The van der Waals surface area contributed by atoms with Crippen LogP contribution in [-0.2, 0) is 6.54 Å². The number of hydrogen-bond donors (Lipinski definition) is 2. The highest BCUT2D eigenvalue weighted by Crippen LogP contribution is 2.27. The van der Waals surface area contributed by atoms with Gasteiger partial charge >= 0.3 is 0 Å². The molecule has 0 aliphatic heterocycles. The van der Waals surface area contributed by atoms with Gasteiger partial charge in [0.1, 0.15) is 17.8 Å². The lowest BCUT2D eigenvalue weighted by atomic mass is 9.95. The fourth-order valence-electron chi connectivity index (χ4n) is 3.27. The lowest BCUT2D eigenvalue weighted by molar-refractivity contribution is 0.0922. The van der Waals surface area contributed by atoms with Crippen molar-refractivity contribution in [1.29, 1.82) is 0 Å². The van der Waals surface area contributed by atoms with E-state index >= 15 is 0 Å². The van der Waals surface area contributed by atoms with Crippen LogP contribution < -0.4 is 20.1 Å². The summed E-state index contributed by atoms with van der Waals surface area (Å²) in [6, 6.07) is 7.65. The van der Waals surface area contributed by atoms with Crippen LogP contribution in [0.15, 0.2) is 30.6 Å². The van der Waals surface area contributed by atoms with Crippen molar-refractivity contribution in [2.24, 2.45) is 0 Å². The Kier molecular flexibility index (Phi) is 6.46. The predicted octanol–water partition coefficient (Wildman–Crippen LogP) is 3.17. The van der Waals surface area contributed by atoms with Gasteiger partial charge in [0.25, 0.3) is 5.91 Å². The third-order valence-electron chi connectivity index (χ3n) is 4.76. The number of rotatable bonds is 7. The number of amides is 1. The average Bonchev–Trinajstić information content (AvgIpc) is 2.73. The van der Waals surface area contributed by atoms with E-state index in [1.807, 2.05) is 18.2 Å². The van der Waals surface area contributed by atoms with Gasteiger partial charge in [-0.25, -0.2) is 9.97 Å². The number of aromatic nitrogens is 2. The summed E-state index contributed by atoms with van der Waals surface area (Å²) in [6.07, 6.45) is 7.10. The first-order valence-electron chi connectivity index (χ1n) is 9.27. The number of ether oxygens (including phenoxy) is 2. The number of nitrogens with zero attached hydrogens (tertiary/aromatic N) is 2. The fraction of sp³-hybridized carbons (Fsp3) is 0.450. The van der Waals surface area contributed by atoms with Crippen LogP contribution >= 0.6 is 0 Å². The fourth-order valence-corrected chi connectivity index (χ4v) is 3.27. The smallest absolute Gasteiger partial charge is 0.270 e. The Bertz CT molecular complexity index is 776. The van der Waals surface area contributed by atoms with Gasteiger partial charge in [0.15, 0.2) is 11.5 Å². The molecule has 1 fully saturated rings. The van der Waals surface area contributed by atoms with Crippen molar-refractivity contribution in [3.8, 4) is 11.5 Å². The normalized spacial score (nSPS) is 14.4. The first-order chi connectivity index (χ1) is 13.2. The number of anilines is 1. The first-order valence-corrected chi connectivity index (χ1v) is 9.27. The molecule has 0 saturated heterocycles. The van der Waals surface area contributed by atoms with E-state index in [1.54, 1.807) is 20.3 Å². The molecule has 1 amide bonds. The molecule has 1 aromatic carbocycles. The van der Waals surface area contributed by atoms with Crippen LogP contribution in [0.25, 0.3) is 0 Å². The molecule has 1 saturated carbocycles. The second kappa shape index (κ2) is 9.21. The molecule has 0 bridgehead atoms. The quantitative estimate of drug-likeness (QED) is 0.779. The maximum Gasteiger partial charge on any atom is 0.270 e. The second-order valence-corrected chi connectivity index (χ2v) is 6.64. The summed E-state index contributed by atoms with van der Waals surface area (Å²) >= 11 is 0. The van der Waals surface area contributed by atoms with Crippen molar-refractivity contribution >= 4 is 11.7 Å². The molecule has 1 aliphatic carbocycles. The lowest BCUT2D eigenvalue weighted by Crippen LogP contribution is -2.36. The SMILES string of the molecule is COc1ccc(CNc2cc(C(=O)NC3CCCCC3)ncn2)cc1OC. The molecule has 1 aromatic heterocycles. The van der Waals surface area contributed by atoms with E-state index in [4.69, 9.17) is 9.47 Å². The molecule has 0 radical (unpaired) electrons. The maximum atomic E-state index is 12.4. The zero-order valence-corrected chi connectivity index (χ0v) is 15.8. The van der Waals surface area contributed by atoms with E-state index in [-0.39, 0.29) is 11.9 Å². The summed E-state index contributed by atoms with van der Waals surface area (Å²) in [7, 11) is 3.22. The molecule has 27 heavy (non-hydrogen) atoms. The molecule has 1 aliphatic rings. The third kappa shape index (κ3) is 5.09. The molecule has 2 aromatic rings. The van der Waals surface area contributed by atoms with Gasteiger partial charge in [-0.2, -0.15) is 0 Å². The summed E-state index contributed by atoms with van der Waals surface area (Å²) in [4.78, 5) is 20.7. The minimum Gasteiger partial charge on any atom is -0.493 e. The number of benzene rings is 1. The zero-order valence-electron chi connectivity index (χ0n) is 15.8. The van der Waals surface area contributed by atoms with Crippen molar-refractivity contribution in [3.05, 3.63) is 41.9 Å². The Morgan fingerprint density at radius 1 is 1.07 bits per heavy atom. The standard InChI is InChI=1S/C20H26N4O3/c1-26-17-9-8-14(10-18(17)27-2)12-21-19-11-16(22-13-23-19)20(25)24-15-6-4-3-5-7-15/h8-11,13,15H,3-7,12H2,1-2H3,(H,24,25)(H,21,22,23). The van der Waals surface area contributed by atoms with E-state index in [2.05, 4.69) is 20.6 Å². The molecule has 144 valence electrons. The molecule has 2 N–H and O–H groups in total. The molecule has 0 unspecified atom stereocenters. The van der Waals surface area contributed by atoms with Crippen molar-refractivity contribution in [3.63, 3.8) is 0 Å². The van der Waals surface area contributed by atoms with Crippen molar-refractivity contribution in [2.75, 3.05) is 19.5 Å². The molecule has 7 heteroatoms. The molecular formula is C20H26N4O3. The van der Waals surface area contributed by atoms with Gasteiger partial charge in [-0.05, 0) is 30.5 Å². The van der Waals surface area contributed by atoms with Crippen LogP contribution in [0.5, 0.6) is 11.5 Å². The summed E-state index contributed by atoms with van der Waals surface area (Å²) in [5.74, 6) is 1.82. The highest BCUT2D eigenvalue weighted by molar-refractivity contribution is 5.93. The zero-order chi connectivity index (χ0) is 19.1. The van der Waals surface area contributed by atoms with Gasteiger partial charge < -0.3 is 20.1 Å². The highest BCUT2D eigenvalue weighted by atomic mass is 16.5. The van der Waals surface area contributed by atoms with Gasteiger partial charge in [-0.15, -0.1) is 0 Å². The minimum absolute atomic E-state index is 0.140. The molecule has 1 heterocycles. The van der Waals surface area contributed by atoms with Crippen molar-refractivity contribution in [1.82, 2.24) is 15.3 Å². The van der Waals surface area contributed by atoms with Crippen LogP contribution in [0.3, 0.4) is 0 Å². The molecule has 7 nitrogen and oxygen atoms in total. The van der Waals surface area contributed by atoms with Crippen LogP contribution in [0, 0.1) is 0 Å². The lowest BCUT2D eigenvalue weighted by Gasteiger charge is -2.22. The first kappa shape index (κ1) is 18.9. The minimum atomic E-state index is -0.140. The van der Waals surface area contributed by atoms with Crippen molar-refractivity contribution < 1.29 is 14.3 Å². The number of hydrogen-bond acceptors (Lipinski definition) is 6. The number of methoxy groups -OCH3 is 2. The Morgan fingerprint density at radius 3 is 2.59 bits per heavy atom. The molecule has 0 atom stereocenters. The van der Waals surface area contributed by atoms with Gasteiger partial charge in [0.05, 0.1) is 14.2 Å². The Balaban J connectivity index is 1.61. The number of carbonyl (C=O) groups excluding carboxylic acids is 1. The Hall–Kier alpha value is -2.83. The van der Waals surface area contributed by atoms with Crippen LogP contribution in [-0.4, -0.2) is 36.1 Å². The number of nitrogens with one attached hydrogen (secondary N) is 2. The highest BCUT2D eigenvalue weighted by Gasteiger charge is 2.17. The molecular weight excluding hydrogens is 344 g/mol. The predicted molar refractivity (Wildman–Crippen MR) is 103 cm³/mol. The van der Waals surface area contributed by atoms with E-state index in [0.717, 1.165) is 18.4 Å².